The lowest BCUT2D eigenvalue weighted by Gasteiger charge is -2.33. The summed E-state index contributed by atoms with van der Waals surface area (Å²) in [6.07, 6.45) is -5.17. The Morgan fingerprint density at radius 2 is 1.45 bits per heavy atom. The average molecular weight is 456 g/mol. The molecule has 1 heterocycles. The van der Waals surface area contributed by atoms with Crippen LogP contribution in [-0.4, -0.2) is 24.6 Å². The fourth-order valence-corrected chi connectivity index (χ4v) is 4.07. The molecule has 33 heavy (non-hydrogen) atoms. The average Bonchev–Trinajstić information content (AvgIpc) is 3.12. The molecule has 1 fully saturated rings. The summed E-state index contributed by atoms with van der Waals surface area (Å²) in [4.78, 5) is 11.9. The molecule has 0 spiro atoms. The lowest BCUT2D eigenvalue weighted by atomic mass is 9.82. The first-order chi connectivity index (χ1) is 15.7. The van der Waals surface area contributed by atoms with Crippen LogP contribution in [0.4, 0.5) is 13.2 Å². The molecule has 0 radical (unpaired) electrons. The third-order valence-corrected chi connectivity index (χ3v) is 5.61. The smallest absolute Gasteiger partial charge is 0.486 e. The molecule has 5 nitrogen and oxygen atoms in total. The molecule has 4 rings (SSSR count). The van der Waals surface area contributed by atoms with Gasteiger partial charge in [0, 0.05) is 0 Å². The molecule has 1 aliphatic heterocycles. The van der Waals surface area contributed by atoms with E-state index in [-0.39, 0.29) is 0 Å². The Hall–Kier alpha value is -3.36. The molecule has 172 valence electrons. The van der Waals surface area contributed by atoms with Gasteiger partial charge in [-0.05, 0) is 30.2 Å². The topological polar surface area (TPSA) is 59.6 Å². The van der Waals surface area contributed by atoms with Gasteiger partial charge in [-0.25, -0.2) is 4.79 Å². The molecule has 1 aliphatic rings. The Bertz CT molecular complexity index is 1080. The largest absolute Gasteiger partial charge is 0.491 e. The van der Waals surface area contributed by atoms with Gasteiger partial charge in [0.1, 0.15) is 5.75 Å². The fourth-order valence-electron chi connectivity index (χ4n) is 4.07. The molecule has 0 saturated carbocycles. The summed E-state index contributed by atoms with van der Waals surface area (Å²) < 4.78 is 50.4. The van der Waals surface area contributed by atoms with E-state index in [0.29, 0.717) is 5.75 Å². The van der Waals surface area contributed by atoms with Crippen molar-refractivity contribution in [2.45, 2.75) is 30.5 Å². The molecule has 0 aliphatic carbocycles. The Kier molecular flexibility index (Phi) is 6.14. The summed E-state index contributed by atoms with van der Waals surface area (Å²) in [6.45, 7) is 1.45. The number of hydrogen-bond acceptors (Lipinski definition) is 5. The predicted octanol–water partition coefficient (Wildman–Crippen LogP) is 4.67. The Morgan fingerprint density at radius 3 is 2.03 bits per heavy atom. The molecule has 1 saturated heterocycles. The van der Waals surface area contributed by atoms with Crippen LogP contribution in [0, 0.1) is 0 Å². The van der Waals surface area contributed by atoms with E-state index >= 15 is 0 Å². The summed E-state index contributed by atoms with van der Waals surface area (Å²) in [5.41, 5.74) is 0.672. The van der Waals surface area contributed by atoms with Crippen LogP contribution in [0.1, 0.15) is 24.1 Å². The SMILES string of the molecule is CC1(c2ccccc2)NC(COc2ccccc2)(OC(=O)C(F)(F)F)NC1c1ccccc1. The third-order valence-electron chi connectivity index (χ3n) is 5.61. The van der Waals surface area contributed by atoms with Gasteiger partial charge in [0.15, 0.2) is 6.61 Å². The maximum absolute atomic E-state index is 13.2. The summed E-state index contributed by atoms with van der Waals surface area (Å²) in [6, 6.07) is 26.6. The molecule has 3 aromatic carbocycles. The quantitative estimate of drug-likeness (QED) is 0.528. The van der Waals surface area contributed by atoms with E-state index < -0.39 is 36.2 Å². The minimum absolute atomic E-state index is 0.398. The summed E-state index contributed by atoms with van der Waals surface area (Å²) in [5.74, 6) is -3.84. The first-order valence-corrected chi connectivity index (χ1v) is 10.4. The summed E-state index contributed by atoms with van der Waals surface area (Å²) in [7, 11) is 0. The van der Waals surface area contributed by atoms with Gasteiger partial charge in [-0.1, -0.05) is 78.9 Å². The number of hydrogen-bond donors (Lipinski definition) is 2. The van der Waals surface area contributed by atoms with E-state index in [9.17, 15) is 18.0 Å². The van der Waals surface area contributed by atoms with Crippen LogP contribution in [0.5, 0.6) is 5.75 Å². The van der Waals surface area contributed by atoms with Crippen molar-refractivity contribution in [3.8, 4) is 5.75 Å². The molecule has 3 unspecified atom stereocenters. The summed E-state index contributed by atoms with van der Waals surface area (Å²) >= 11 is 0. The molecule has 8 heteroatoms. The maximum Gasteiger partial charge on any atom is 0.491 e. The lowest BCUT2D eigenvalue weighted by molar-refractivity contribution is -0.221. The number of halogens is 3. The van der Waals surface area contributed by atoms with Crippen LogP contribution in [0.2, 0.25) is 0 Å². The van der Waals surface area contributed by atoms with Crippen LogP contribution in [0.3, 0.4) is 0 Å². The van der Waals surface area contributed by atoms with Crippen molar-refractivity contribution in [1.82, 2.24) is 10.6 Å². The van der Waals surface area contributed by atoms with Crippen LogP contribution in [0.15, 0.2) is 91.0 Å². The second-order valence-electron chi connectivity index (χ2n) is 8.00. The van der Waals surface area contributed by atoms with Gasteiger partial charge in [0.25, 0.3) is 5.85 Å². The number of para-hydroxylation sites is 1. The highest BCUT2D eigenvalue weighted by Crippen LogP contribution is 2.43. The Balaban J connectivity index is 1.75. The maximum atomic E-state index is 13.2. The highest BCUT2D eigenvalue weighted by atomic mass is 19.4. The molecule has 0 aromatic heterocycles. The van der Waals surface area contributed by atoms with Crippen LogP contribution < -0.4 is 15.4 Å². The van der Waals surface area contributed by atoms with Crippen LogP contribution in [-0.2, 0) is 15.1 Å². The molecule has 3 atom stereocenters. The van der Waals surface area contributed by atoms with Crippen molar-refractivity contribution >= 4 is 5.97 Å². The number of benzene rings is 3. The molecular formula is C25H23F3N2O3. The zero-order valence-corrected chi connectivity index (χ0v) is 17.8. The van der Waals surface area contributed by atoms with Crippen LogP contribution >= 0.6 is 0 Å². The predicted molar refractivity (Wildman–Crippen MR) is 116 cm³/mol. The molecular weight excluding hydrogens is 433 g/mol. The van der Waals surface area contributed by atoms with E-state index in [4.69, 9.17) is 9.47 Å². The van der Waals surface area contributed by atoms with E-state index in [2.05, 4.69) is 10.6 Å². The highest BCUT2D eigenvalue weighted by Gasteiger charge is 2.58. The molecule has 0 bridgehead atoms. The van der Waals surface area contributed by atoms with Gasteiger partial charge >= 0.3 is 12.1 Å². The van der Waals surface area contributed by atoms with Crippen molar-refractivity contribution in [2.24, 2.45) is 0 Å². The zero-order chi connectivity index (χ0) is 23.5. The fraction of sp³-hybridized carbons (Fsp3) is 0.240. The highest BCUT2D eigenvalue weighted by molar-refractivity contribution is 5.76. The van der Waals surface area contributed by atoms with E-state index in [1.807, 2.05) is 67.6 Å². The minimum Gasteiger partial charge on any atom is -0.486 e. The Labute approximate surface area is 189 Å². The first-order valence-electron chi connectivity index (χ1n) is 10.4. The second kappa shape index (κ2) is 8.88. The van der Waals surface area contributed by atoms with Crippen molar-refractivity contribution in [3.05, 3.63) is 102 Å². The van der Waals surface area contributed by atoms with Crippen molar-refractivity contribution in [1.29, 1.82) is 0 Å². The van der Waals surface area contributed by atoms with Gasteiger partial charge in [0.2, 0.25) is 0 Å². The minimum atomic E-state index is -5.17. The van der Waals surface area contributed by atoms with Crippen LogP contribution in [0.25, 0.3) is 0 Å². The molecule has 2 N–H and O–H groups in total. The number of ether oxygens (including phenoxy) is 2. The number of carbonyl (C=O) groups excluding carboxylic acids is 1. The first kappa shape index (κ1) is 22.8. The monoisotopic (exact) mass is 456 g/mol. The Morgan fingerprint density at radius 1 is 0.909 bits per heavy atom. The van der Waals surface area contributed by atoms with Gasteiger partial charge < -0.3 is 9.47 Å². The van der Waals surface area contributed by atoms with Gasteiger partial charge in [-0.3, -0.25) is 10.6 Å². The second-order valence-corrected chi connectivity index (χ2v) is 8.00. The number of rotatable bonds is 6. The number of carbonyl (C=O) groups is 1. The van der Waals surface area contributed by atoms with Gasteiger partial charge in [-0.2, -0.15) is 13.2 Å². The molecule has 3 aromatic rings. The number of esters is 1. The normalized spacial score (nSPS) is 24.9. The van der Waals surface area contributed by atoms with Crippen molar-refractivity contribution in [3.63, 3.8) is 0 Å². The van der Waals surface area contributed by atoms with E-state index in [0.717, 1.165) is 11.1 Å². The number of nitrogens with one attached hydrogen (secondary N) is 2. The van der Waals surface area contributed by atoms with Gasteiger partial charge in [-0.15, -0.1) is 0 Å². The lowest BCUT2D eigenvalue weighted by Crippen LogP contribution is -2.60. The zero-order valence-electron chi connectivity index (χ0n) is 17.8. The standard InChI is InChI=1S/C25H23F3N2O3/c1-23(19-13-7-3-8-14-19)21(18-11-5-2-6-12-18)29-24(30-23,33-22(31)25(26,27)28)17-32-20-15-9-4-10-16-20/h2-16,21,29-30H,17H2,1H3. The van der Waals surface area contributed by atoms with Crippen molar-refractivity contribution in [2.75, 3.05) is 6.61 Å². The number of alkyl halides is 3. The van der Waals surface area contributed by atoms with Gasteiger partial charge in [0.05, 0.1) is 11.6 Å². The van der Waals surface area contributed by atoms with Crippen molar-refractivity contribution < 1.29 is 27.4 Å². The molecule has 0 amide bonds. The third kappa shape index (κ3) is 4.86. The van der Waals surface area contributed by atoms with E-state index in [1.54, 1.807) is 30.3 Å². The summed E-state index contributed by atoms with van der Waals surface area (Å²) in [5, 5.41) is 6.24. The van der Waals surface area contributed by atoms with E-state index in [1.165, 1.54) is 0 Å².